The number of carbonyl (C=O) groups is 1. The quantitative estimate of drug-likeness (QED) is 0.650. The van der Waals surface area contributed by atoms with Gasteiger partial charge in [0.05, 0.1) is 5.41 Å². The molecule has 0 radical (unpaired) electrons. The van der Waals surface area contributed by atoms with Crippen molar-refractivity contribution in [3.8, 4) is 0 Å². The number of rotatable bonds is 3. The Labute approximate surface area is 155 Å². The van der Waals surface area contributed by atoms with Crippen LogP contribution in [0.2, 0.25) is 0 Å². The molecule has 1 spiro atoms. The van der Waals surface area contributed by atoms with Gasteiger partial charge in [-0.05, 0) is 36.1 Å². The van der Waals surface area contributed by atoms with E-state index in [4.69, 9.17) is 4.74 Å². The molecule has 1 heterocycles. The zero-order chi connectivity index (χ0) is 17.8. The van der Waals surface area contributed by atoms with Crippen LogP contribution in [0.15, 0.2) is 78.6 Å². The second kappa shape index (κ2) is 7.33. The van der Waals surface area contributed by atoms with Crippen LogP contribution in [0.1, 0.15) is 49.1 Å². The molecule has 2 aliphatic rings. The van der Waals surface area contributed by atoms with E-state index in [-0.39, 0.29) is 11.9 Å². The van der Waals surface area contributed by atoms with Gasteiger partial charge in [0.25, 0.3) is 0 Å². The van der Waals surface area contributed by atoms with Crippen LogP contribution < -0.4 is 0 Å². The maximum absolute atomic E-state index is 13.1. The van der Waals surface area contributed by atoms with Gasteiger partial charge in [-0.15, -0.1) is 0 Å². The number of benzene rings is 2. The van der Waals surface area contributed by atoms with Gasteiger partial charge in [-0.1, -0.05) is 86.0 Å². The minimum atomic E-state index is -0.399. The van der Waals surface area contributed by atoms with Crippen molar-refractivity contribution < 1.29 is 9.53 Å². The maximum Gasteiger partial charge on any atom is 0.318 e. The van der Waals surface area contributed by atoms with Crippen LogP contribution in [0.4, 0.5) is 0 Å². The Kier molecular flexibility index (Phi) is 4.75. The van der Waals surface area contributed by atoms with Crippen molar-refractivity contribution in [2.75, 3.05) is 0 Å². The molecule has 2 aromatic carbocycles. The molecule has 1 aliphatic heterocycles. The third-order valence-electron chi connectivity index (χ3n) is 5.69. The standard InChI is InChI=1S/C24H24O2/c25-23-24(16-8-3-9-17-24)22(20-12-6-2-7-13-20)18-21(26-23)15-14-19-10-4-1-5-11-19/h1-2,4-7,10-15,18,22H,3,8-9,16-17H2. The van der Waals surface area contributed by atoms with Gasteiger partial charge in [-0.2, -0.15) is 0 Å². The number of cyclic esters (lactones) is 1. The van der Waals surface area contributed by atoms with Gasteiger partial charge in [0.2, 0.25) is 0 Å². The van der Waals surface area contributed by atoms with Gasteiger partial charge in [-0.3, -0.25) is 4.79 Å². The zero-order valence-corrected chi connectivity index (χ0v) is 14.9. The van der Waals surface area contributed by atoms with E-state index in [1.165, 1.54) is 12.0 Å². The third-order valence-corrected chi connectivity index (χ3v) is 5.69. The molecule has 2 nitrogen and oxygen atoms in total. The van der Waals surface area contributed by atoms with E-state index < -0.39 is 5.41 Å². The number of ether oxygens (including phenoxy) is 1. The van der Waals surface area contributed by atoms with E-state index in [1.807, 2.05) is 48.6 Å². The van der Waals surface area contributed by atoms with Crippen molar-refractivity contribution in [1.29, 1.82) is 0 Å². The first kappa shape index (κ1) is 16.8. The average Bonchev–Trinajstić information content (AvgIpc) is 2.71. The van der Waals surface area contributed by atoms with Crippen LogP contribution in [-0.4, -0.2) is 5.97 Å². The lowest BCUT2D eigenvalue weighted by Crippen LogP contribution is -2.42. The molecule has 1 atom stereocenters. The number of hydrogen-bond acceptors (Lipinski definition) is 2. The first-order chi connectivity index (χ1) is 12.8. The molecule has 1 fully saturated rings. The molecule has 0 amide bonds. The fourth-order valence-electron chi connectivity index (χ4n) is 4.30. The molecule has 132 valence electrons. The topological polar surface area (TPSA) is 26.3 Å². The molecular formula is C24H24O2. The van der Waals surface area contributed by atoms with Gasteiger partial charge >= 0.3 is 5.97 Å². The van der Waals surface area contributed by atoms with Crippen LogP contribution in [0.25, 0.3) is 6.08 Å². The SMILES string of the molecule is O=C1OC(C=Cc2ccccc2)=CC(c2ccccc2)C12CCCCC2. The lowest BCUT2D eigenvalue weighted by atomic mass is 9.62. The Bertz CT molecular complexity index is 812. The van der Waals surface area contributed by atoms with E-state index >= 15 is 0 Å². The Morgan fingerprint density at radius 3 is 2.19 bits per heavy atom. The first-order valence-electron chi connectivity index (χ1n) is 9.50. The zero-order valence-electron chi connectivity index (χ0n) is 14.9. The second-order valence-electron chi connectivity index (χ2n) is 7.31. The van der Waals surface area contributed by atoms with Crippen LogP contribution in [-0.2, 0) is 9.53 Å². The van der Waals surface area contributed by atoms with E-state index in [2.05, 4.69) is 30.3 Å². The fourth-order valence-corrected chi connectivity index (χ4v) is 4.30. The lowest BCUT2D eigenvalue weighted by molar-refractivity contribution is -0.156. The van der Waals surface area contributed by atoms with Crippen molar-refractivity contribution in [3.63, 3.8) is 0 Å². The van der Waals surface area contributed by atoms with Gasteiger partial charge in [-0.25, -0.2) is 0 Å². The summed E-state index contributed by atoms with van der Waals surface area (Å²) < 4.78 is 5.79. The van der Waals surface area contributed by atoms with Crippen LogP contribution in [0, 0.1) is 5.41 Å². The molecule has 2 heteroatoms. The smallest absolute Gasteiger partial charge is 0.318 e. The molecule has 1 aliphatic carbocycles. The van der Waals surface area contributed by atoms with Crippen molar-refractivity contribution in [2.45, 2.75) is 38.0 Å². The van der Waals surface area contributed by atoms with Crippen LogP contribution >= 0.6 is 0 Å². The number of allylic oxidation sites excluding steroid dienone is 2. The van der Waals surface area contributed by atoms with E-state index in [9.17, 15) is 4.79 Å². The maximum atomic E-state index is 13.1. The summed E-state index contributed by atoms with van der Waals surface area (Å²) in [5.41, 5.74) is 1.90. The normalized spacial score (nSPS) is 22.2. The monoisotopic (exact) mass is 344 g/mol. The molecule has 1 unspecified atom stereocenters. The highest BCUT2D eigenvalue weighted by Crippen LogP contribution is 2.51. The Balaban J connectivity index is 1.71. The second-order valence-corrected chi connectivity index (χ2v) is 7.31. The lowest BCUT2D eigenvalue weighted by Gasteiger charge is -2.43. The van der Waals surface area contributed by atoms with E-state index in [0.29, 0.717) is 5.76 Å². The molecular weight excluding hydrogens is 320 g/mol. The molecule has 0 saturated heterocycles. The molecule has 0 bridgehead atoms. The molecule has 0 aromatic heterocycles. The summed E-state index contributed by atoms with van der Waals surface area (Å²) in [6.45, 7) is 0. The van der Waals surface area contributed by atoms with Crippen LogP contribution in [0.5, 0.6) is 0 Å². The fraction of sp³-hybridized carbons (Fsp3) is 0.292. The molecule has 2 aromatic rings. The van der Waals surface area contributed by atoms with Crippen LogP contribution in [0.3, 0.4) is 0 Å². The molecule has 26 heavy (non-hydrogen) atoms. The van der Waals surface area contributed by atoms with E-state index in [0.717, 1.165) is 31.2 Å². The minimum Gasteiger partial charge on any atom is -0.426 e. The Morgan fingerprint density at radius 2 is 1.50 bits per heavy atom. The Hall–Kier alpha value is -2.61. The van der Waals surface area contributed by atoms with Gasteiger partial charge < -0.3 is 4.74 Å². The number of esters is 1. The number of hydrogen-bond donors (Lipinski definition) is 0. The highest BCUT2D eigenvalue weighted by molar-refractivity contribution is 5.82. The molecule has 0 N–H and O–H groups in total. The summed E-state index contributed by atoms with van der Waals surface area (Å²) in [5.74, 6) is 0.686. The predicted molar refractivity (Wildman–Crippen MR) is 104 cm³/mol. The molecule has 4 rings (SSSR count). The van der Waals surface area contributed by atoms with Gasteiger partial charge in [0.15, 0.2) is 0 Å². The number of carbonyl (C=O) groups excluding carboxylic acids is 1. The van der Waals surface area contributed by atoms with Crippen molar-refractivity contribution in [2.24, 2.45) is 5.41 Å². The highest BCUT2D eigenvalue weighted by Gasteiger charge is 2.49. The van der Waals surface area contributed by atoms with Gasteiger partial charge in [0, 0.05) is 5.92 Å². The summed E-state index contributed by atoms with van der Waals surface area (Å²) in [6.07, 6.45) is 11.3. The minimum absolute atomic E-state index is 0.0544. The third kappa shape index (κ3) is 3.24. The summed E-state index contributed by atoms with van der Waals surface area (Å²) >= 11 is 0. The predicted octanol–water partition coefficient (Wildman–Crippen LogP) is 5.87. The summed E-state index contributed by atoms with van der Waals surface area (Å²) in [5, 5.41) is 0. The summed E-state index contributed by atoms with van der Waals surface area (Å²) in [6, 6.07) is 20.5. The molecule has 1 saturated carbocycles. The first-order valence-corrected chi connectivity index (χ1v) is 9.50. The summed E-state index contributed by atoms with van der Waals surface area (Å²) in [4.78, 5) is 13.1. The van der Waals surface area contributed by atoms with E-state index in [1.54, 1.807) is 0 Å². The Morgan fingerprint density at radius 1 is 0.846 bits per heavy atom. The van der Waals surface area contributed by atoms with Crippen molar-refractivity contribution in [3.05, 3.63) is 89.7 Å². The largest absolute Gasteiger partial charge is 0.426 e. The average molecular weight is 344 g/mol. The summed E-state index contributed by atoms with van der Waals surface area (Å²) in [7, 11) is 0. The highest BCUT2D eigenvalue weighted by atomic mass is 16.5. The van der Waals surface area contributed by atoms with Crippen molar-refractivity contribution >= 4 is 12.0 Å². The van der Waals surface area contributed by atoms with Crippen molar-refractivity contribution in [1.82, 2.24) is 0 Å². The van der Waals surface area contributed by atoms with Gasteiger partial charge in [0.1, 0.15) is 5.76 Å².